The standard InChI is InChI=1S/C17H15Cl2N3O3S/c1-22(26(23,24)15-9-5-4-8-14(15)19)11-10-16-20-17(25-21-16)12-6-2-3-7-13(12)18/h2-9H,10-11H2,1H3. The van der Waals surface area contributed by atoms with E-state index in [-0.39, 0.29) is 22.9 Å². The Labute approximate surface area is 161 Å². The fraction of sp³-hybridized carbons (Fsp3) is 0.176. The molecule has 26 heavy (non-hydrogen) atoms. The number of nitrogens with zero attached hydrogens (tertiary/aromatic N) is 3. The maximum atomic E-state index is 12.6. The van der Waals surface area contributed by atoms with Gasteiger partial charge in [-0.05, 0) is 24.3 Å². The van der Waals surface area contributed by atoms with E-state index in [1.807, 2.05) is 6.07 Å². The molecule has 0 unspecified atom stereocenters. The van der Waals surface area contributed by atoms with E-state index in [4.69, 9.17) is 27.7 Å². The van der Waals surface area contributed by atoms with Gasteiger partial charge in [0.2, 0.25) is 10.0 Å². The van der Waals surface area contributed by atoms with Gasteiger partial charge in [0, 0.05) is 20.0 Å². The summed E-state index contributed by atoms with van der Waals surface area (Å²) in [5.74, 6) is 0.684. The fourth-order valence-corrected chi connectivity index (χ4v) is 4.18. The number of hydrogen-bond acceptors (Lipinski definition) is 5. The van der Waals surface area contributed by atoms with E-state index in [1.54, 1.807) is 30.3 Å². The normalized spacial score (nSPS) is 11.8. The summed E-state index contributed by atoms with van der Waals surface area (Å²) in [6, 6.07) is 13.4. The van der Waals surface area contributed by atoms with Gasteiger partial charge in [-0.2, -0.15) is 4.98 Å². The van der Waals surface area contributed by atoms with Crippen molar-refractivity contribution in [2.75, 3.05) is 13.6 Å². The Morgan fingerprint density at radius 3 is 2.38 bits per heavy atom. The summed E-state index contributed by atoms with van der Waals surface area (Å²) < 4.78 is 31.6. The Morgan fingerprint density at radius 2 is 1.69 bits per heavy atom. The summed E-state index contributed by atoms with van der Waals surface area (Å²) >= 11 is 12.1. The van der Waals surface area contributed by atoms with Crippen LogP contribution in [0.25, 0.3) is 11.5 Å². The van der Waals surface area contributed by atoms with Crippen molar-refractivity contribution in [3.63, 3.8) is 0 Å². The van der Waals surface area contributed by atoms with Crippen molar-refractivity contribution in [2.45, 2.75) is 11.3 Å². The second-order valence-electron chi connectivity index (χ2n) is 5.50. The third kappa shape index (κ3) is 3.91. The van der Waals surface area contributed by atoms with Crippen LogP contribution < -0.4 is 0 Å². The highest BCUT2D eigenvalue weighted by Gasteiger charge is 2.23. The van der Waals surface area contributed by atoms with Crippen molar-refractivity contribution >= 4 is 33.2 Å². The molecule has 136 valence electrons. The molecule has 0 atom stereocenters. The van der Waals surface area contributed by atoms with Crippen LogP contribution in [-0.4, -0.2) is 36.5 Å². The Balaban J connectivity index is 1.72. The monoisotopic (exact) mass is 411 g/mol. The smallest absolute Gasteiger partial charge is 0.259 e. The van der Waals surface area contributed by atoms with Crippen molar-refractivity contribution < 1.29 is 12.9 Å². The van der Waals surface area contributed by atoms with Crippen molar-refractivity contribution in [2.24, 2.45) is 0 Å². The minimum atomic E-state index is -3.70. The molecule has 0 aliphatic carbocycles. The van der Waals surface area contributed by atoms with E-state index in [0.717, 1.165) is 0 Å². The van der Waals surface area contributed by atoms with E-state index < -0.39 is 10.0 Å². The first-order valence-electron chi connectivity index (χ1n) is 7.68. The third-order valence-electron chi connectivity index (χ3n) is 3.75. The summed E-state index contributed by atoms with van der Waals surface area (Å²) in [5, 5.41) is 4.57. The highest BCUT2D eigenvalue weighted by Crippen LogP contribution is 2.26. The Morgan fingerprint density at radius 1 is 1.04 bits per heavy atom. The Kier molecular flexibility index (Phi) is 5.62. The van der Waals surface area contributed by atoms with Crippen LogP contribution in [-0.2, 0) is 16.4 Å². The first-order chi connectivity index (χ1) is 12.4. The van der Waals surface area contributed by atoms with E-state index in [2.05, 4.69) is 10.1 Å². The van der Waals surface area contributed by atoms with Gasteiger partial charge in [0.1, 0.15) is 4.90 Å². The molecule has 0 bridgehead atoms. The van der Waals surface area contributed by atoms with Crippen molar-refractivity contribution in [1.29, 1.82) is 0 Å². The topological polar surface area (TPSA) is 76.3 Å². The number of halogens is 2. The minimum absolute atomic E-state index is 0.0639. The van der Waals surface area contributed by atoms with Crippen LogP contribution in [0.4, 0.5) is 0 Å². The van der Waals surface area contributed by atoms with E-state index >= 15 is 0 Å². The largest absolute Gasteiger partial charge is 0.334 e. The van der Waals surface area contributed by atoms with Crippen LogP contribution >= 0.6 is 23.2 Å². The molecule has 0 N–H and O–H groups in total. The molecule has 1 aromatic heterocycles. The maximum absolute atomic E-state index is 12.6. The number of sulfonamides is 1. The fourth-order valence-electron chi connectivity index (χ4n) is 2.30. The SMILES string of the molecule is CN(CCc1noc(-c2ccccc2Cl)n1)S(=O)(=O)c1ccccc1Cl. The highest BCUT2D eigenvalue weighted by atomic mass is 35.5. The predicted octanol–water partition coefficient (Wildman–Crippen LogP) is 3.91. The van der Waals surface area contributed by atoms with Gasteiger partial charge in [0.15, 0.2) is 5.82 Å². The Hall–Kier alpha value is -1.93. The summed E-state index contributed by atoms with van der Waals surface area (Å²) in [5.41, 5.74) is 0.630. The molecule has 0 fully saturated rings. The molecule has 1 heterocycles. The lowest BCUT2D eigenvalue weighted by Crippen LogP contribution is -2.29. The summed E-state index contributed by atoms with van der Waals surface area (Å²) in [6.45, 7) is 0.176. The molecule has 2 aromatic carbocycles. The number of hydrogen-bond donors (Lipinski definition) is 0. The van der Waals surface area contributed by atoms with Gasteiger partial charge >= 0.3 is 0 Å². The van der Waals surface area contributed by atoms with Crippen molar-refractivity contribution in [3.8, 4) is 11.5 Å². The lowest BCUT2D eigenvalue weighted by Gasteiger charge is -2.17. The van der Waals surface area contributed by atoms with Gasteiger partial charge < -0.3 is 4.52 Å². The molecular formula is C17H15Cl2N3O3S. The van der Waals surface area contributed by atoms with Crippen LogP contribution in [0, 0.1) is 0 Å². The zero-order valence-corrected chi connectivity index (χ0v) is 16.1. The highest BCUT2D eigenvalue weighted by molar-refractivity contribution is 7.89. The van der Waals surface area contributed by atoms with Gasteiger partial charge in [-0.15, -0.1) is 0 Å². The molecule has 9 heteroatoms. The molecule has 0 spiro atoms. The van der Waals surface area contributed by atoms with Gasteiger partial charge in [0.05, 0.1) is 15.6 Å². The van der Waals surface area contributed by atoms with Gasteiger partial charge in [-0.1, -0.05) is 52.6 Å². The molecular weight excluding hydrogens is 397 g/mol. The zero-order chi connectivity index (χ0) is 18.7. The van der Waals surface area contributed by atoms with Crippen LogP contribution in [0.1, 0.15) is 5.82 Å². The number of rotatable bonds is 6. The molecule has 0 saturated heterocycles. The number of likely N-dealkylation sites (N-methyl/N-ethyl adjacent to an activating group) is 1. The molecule has 0 amide bonds. The number of benzene rings is 2. The second-order valence-corrected chi connectivity index (χ2v) is 8.33. The van der Waals surface area contributed by atoms with Gasteiger partial charge in [-0.25, -0.2) is 12.7 Å². The first kappa shape index (κ1) is 18.8. The summed E-state index contributed by atoms with van der Waals surface area (Å²) in [4.78, 5) is 4.34. The maximum Gasteiger partial charge on any atom is 0.259 e. The van der Waals surface area contributed by atoms with Gasteiger partial charge in [-0.3, -0.25) is 0 Å². The average molecular weight is 412 g/mol. The summed E-state index contributed by atoms with van der Waals surface area (Å²) in [7, 11) is -2.22. The lowest BCUT2D eigenvalue weighted by molar-refractivity contribution is 0.415. The molecule has 0 radical (unpaired) electrons. The van der Waals surface area contributed by atoms with E-state index in [1.165, 1.54) is 23.5 Å². The molecule has 6 nitrogen and oxygen atoms in total. The van der Waals surface area contributed by atoms with Gasteiger partial charge in [0.25, 0.3) is 5.89 Å². The quantitative estimate of drug-likeness (QED) is 0.614. The molecule has 0 aliphatic heterocycles. The lowest BCUT2D eigenvalue weighted by atomic mass is 10.2. The molecule has 0 saturated carbocycles. The second kappa shape index (κ2) is 7.75. The van der Waals surface area contributed by atoms with Crippen LogP contribution in [0.5, 0.6) is 0 Å². The van der Waals surface area contributed by atoms with Crippen LogP contribution in [0.3, 0.4) is 0 Å². The van der Waals surface area contributed by atoms with Crippen molar-refractivity contribution in [1.82, 2.24) is 14.4 Å². The number of aromatic nitrogens is 2. The summed E-state index contributed by atoms with van der Waals surface area (Å²) in [6.07, 6.45) is 0.286. The minimum Gasteiger partial charge on any atom is -0.334 e. The average Bonchev–Trinajstić information content (AvgIpc) is 3.09. The van der Waals surface area contributed by atoms with Crippen molar-refractivity contribution in [3.05, 3.63) is 64.4 Å². The first-order valence-corrected chi connectivity index (χ1v) is 9.87. The molecule has 3 aromatic rings. The predicted molar refractivity (Wildman–Crippen MR) is 99.7 cm³/mol. The van der Waals surface area contributed by atoms with E-state index in [9.17, 15) is 8.42 Å². The van der Waals surface area contributed by atoms with Crippen LogP contribution in [0.2, 0.25) is 10.0 Å². The third-order valence-corrected chi connectivity index (χ3v) is 6.43. The Bertz CT molecular complexity index is 1020. The molecule has 3 rings (SSSR count). The molecule has 0 aliphatic rings. The van der Waals surface area contributed by atoms with Crippen LogP contribution in [0.15, 0.2) is 57.9 Å². The van der Waals surface area contributed by atoms with E-state index in [0.29, 0.717) is 22.3 Å². The zero-order valence-electron chi connectivity index (χ0n) is 13.8.